The van der Waals surface area contributed by atoms with Crippen molar-refractivity contribution in [3.8, 4) is 0 Å². The van der Waals surface area contributed by atoms with Crippen LogP contribution in [0.3, 0.4) is 0 Å². The molecule has 0 aromatic heterocycles. The monoisotopic (exact) mass is 466 g/mol. The molecule has 0 saturated carbocycles. The molecule has 0 atom stereocenters. The number of carbonyl (C=O) groups is 2. The third-order valence-corrected chi connectivity index (χ3v) is 5.41. The molecule has 2 amide bonds. The second-order valence-corrected chi connectivity index (χ2v) is 7.84. The van der Waals surface area contributed by atoms with Crippen LogP contribution >= 0.6 is 11.6 Å². The zero-order chi connectivity index (χ0) is 24.0. The van der Waals surface area contributed by atoms with Crippen LogP contribution in [-0.2, 0) is 11.3 Å². The minimum atomic E-state index is -0.590. The lowest BCUT2D eigenvalue weighted by Crippen LogP contribution is -2.33. The number of nitrogens with one attached hydrogen (secondary N) is 3. The van der Waals surface area contributed by atoms with Crippen LogP contribution in [0.5, 0.6) is 0 Å². The van der Waals surface area contributed by atoms with E-state index < -0.39 is 16.7 Å². The molecular formula is C24H23ClN4O4. The molecule has 0 aliphatic heterocycles. The Balaban J connectivity index is 1.65. The minimum absolute atomic E-state index is 0.0739. The molecule has 0 saturated heterocycles. The summed E-state index contributed by atoms with van der Waals surface area (Å²) >= 11 is 6.13. The first-order valence-corrected chi connectivity index (χ1v) is 10.5. The fraction of sp³-hybridized carbons (Fsp3) is 0.167. The van der Waals surface area contributed by atoms with E-state index in [4.69, 9.17) is 11.6 Å². The number of aryl methyl sites for hydroxylation is 2. The number of anilines is 2. The van der Waals surface area contributed by atoms with Crippen molar-refractivity contribution in [1.82, 2.24) is 5.32 Å². The SMILES string of the molecule is Cc1cccc(C)c1NC(=O)CNC(=O)c1ccc(NCc2ccccc2Cl)c([N+](=O)[O-])c1. The molecule has 9 heteroatoms. The highest BCUT2D eigenvalue weighted by atomic mass is 35.5. The molecule has 0 fully saturated rings. The van der Waals surface area contributed by atoms with Gasteiger partial charge in [0.05, 0.1) is 11.5 Å². The van der Waals surface area contributed by atoms with Gasteiger partial charge in [-0.25, -0.2) is 0 Å². The summed E-state index contributed by atoms with van der Waals surface area (Å²) in [5, 5.41) is 20.4. The Labute approximate surface area is 196 Å². The Hall–Kier alpha value is -3.91. The number of halogens is 1. The number of nitro groups is 1. The maximum atomic E-state index is 12.5. The summed E-state index contributed by atoms with van der Waals surface area (Å²) in [7, 11) is 0. The van der Waals surface area contributed by atoms with E-state index in [1.165, 1.54) is 18.2 Å². The first kappa shape index (κ1) is 23.7. The normalized spacial score (nSPS) is 10.4. The summed E-state index contributed by atoms with van der Waals surface area (Å²) < 4.78 is 0. The van der Waals surface area contributed by atoms with Crippen LogP contribution in [0.1, 0.15) is 27.0 Å². The van der Waals surface area contributed by atoms with E-state index in [1.807, 2.05) is 44.2 Å². The van der Waals surface area contributed by atoms with Gasteiger partial charge in [-0.05, 0) is 48.7 Å². The summed E-state index contributed by atoms with van der Waals surface area (Å²) in [4.78, 5) is 35.8. The molecule has 170 valence electrons. The van der Waals surface area contributed by atoms with Gasteiger partial charge in [-0.1, -0.05) is 48.0 Å². The smallest absolute Gasteiger partial charge is 0.293 e. The van der Waals surface area contributed by atoms with Crippen molar-refractivity contribution in [3.63, 3.8) is 0 Å². The van der Waals surface area contributed by atoms with E-state index in [2.05, 4.69) is 16.0 Å². The molecule has 0 radical (unpaired) electrons. The number of rotatable bonds is 8. The zero-order valence-electron chi connectivity index (χ0n) is 18.1. The average molecular weight is 467 g/mol. The van der Waals surface area contributed by atoms with E-state index in [-0.39, 0.29) is 30.0 Å². The lowest BCUT2D eigenvalue weighted by Gasteiger charge is -2.12. The largest absolute Gasteiger partial charge is 0.375 e. The number of nitro benzene ring substituents is 1. The highest BCUT2D eigenvalue weighted by Gasteiger charge is 2.18. The molecule has 0 heterocycles. The minimum Gasteiger partial charge on any atom is -0.375 e. The van der Waals surface area contributed by atoms with Gasteiger partial charge in [0, 0.05) is 28.9 Å². The number of carbonyl (C=O) groups excluding carboxylic acids is 2. The molecule has 8 nitrogen and oxygen atoms in total. The molecule has 0 bridgehead atoms. The van der Waals surface area contributed by atoms with Crippen molar-refractivity contribution in [2.24, 2.45) is 0 Å². The number of benzene rings is 3. The van der Waals surface area contributed by atoms with Crippen LogP contribution in [-0.4, -0.2) is 23.3 Å². The van der Waals surface area contributed by atoms with Crippen LogP contribution < -0.4 is 16.0 Å². The molecule has 0 unspecified atom stereocenters. The number of amides is 2. The summed E-state index contributed by atoms with van der Waals surface area (Å²) in [5.41, 5.74) is 3.37. The summed E-state index contributed by atoms with van der Waals surface area (Å²) in [5.74, 6) is -0.985. The first-order chi connectivity index (χ1) is 15.8. The van der Waals surface area contributed by atoms with Crippen molar-refractivity contribution in [2.45, 2.75) is 20.4 Å². The van der Waals surface area contributed by atoms with Gasteiger partial charge in [0.2, 0.25) is 5.91 Å². The zero-order valence-corrected chi connectivity index (χ0v) is 18.9. The molecule has 3 aromatic carbocycles. The van der Waals surface area contributed by atoms with Gasteiger partial charge in [-0.15, -0.1) is 0 Å². The quantitative estimate of drug-likeness (QED) is 0.324. The van der Waals surface area contributed by atoms with E-state index in [0.29, 0.717) is 10.7 Å². The standard InChI is InChI=1S/C24H23ClN4O4/c1-15-6-5-7-16(2)23(15)28-22(30)14-27-24(31)17-10-11-20(21(12-17)29(32)33)26-13-18-8-3-4-9-19(18)25/h3-12,26H,13-14H2,1-2H3,(H,27,31)(H,28,30). The maximum absolute atomic E-state index is 12.5. The van der Waals surface area contributed by atoms with Gasteiger partial charge in [0.15, 0.2) is 0 Å². The fourth-order valence-electron chi connectivity index (χ4n) is 3.26. The van der Waals surface area contributed by atoms with Gasteiger partial charge in [0.1, 0.15) is 5.69 Å². The number of hydrogen-bond donors (Lipinski definition) is 3. The molecule has 3 aromatic rings. The molecule has 0 aliphatic rings. The second-order valence-electron chi connectivity index (χ2n) is 7.43. The van der Waals surface area contributed by atoms with Crippen LogP contribution in [0.2, 0.25) is 5.02 Å². The highest BCUT2D eigenvalue weighted by Crippen LogP contribution is 2.27. The topological polar surface area (TPSA) is 113 Å². The second kappa shape index (κ2) is 10.6. The van der Waals surface area contributed by atoms with Gasteiger partial charge in [-0.3, -0.25) is 19.7 Å². The van der Waals surface area contributed by atoms with Gasteiger partial charge >= 0.3 is 0 Å². The lowest BCUT2D eigenvalue weighted by molar-refractivity contribution is -0.384. The molecular weight excluding hydrogens is 444 g/mol. The number of nitrogens with zero attached hydrogens (tertiary/aromatic N) is 1. The van der Waals surface area contributed by atoms with Crippen LogP contribution in [0, 0.1) is 24.0 Å². The van der Waals surface area contributed by atoms with Crippen molar-refractivity contribution in [2.75, 3.05) is 17.2 Å². The van der Waals surface area contributed by atoms with Crippen molar-refractivity contribution in [1.29, 1.82) is 0 Å². The van der Waals surface area contributed by atoms with E-state index >= 15 is 0 Å². The van der Waals surface area contributed by atoms with E-state index in [0.717, 1.165) is 16.7 Å². The maximum Gasteiger partial charge on any atom is 0.293 e. The average Bonchev–Trinajstić information content (AvgIpc) is 2.79. The van der Waals surface area contributed by atoms with Gasteiger partial charge in [-0.2, -0.15) is 0 Å². The van der Waals surface area contributed by atoms with Crippen LogP contribution in [0.15, 0.2) is 60.7 Å². The van der Waals surface area contributed by atoms with Gasteiger partial charge in [0.25, 0.3) is 11.6 Å². The molecule has 0 aliphatic carbocycles. The Morgan fingerprint density at radius 3 is 2.36 bits per heavy atom. The third-order valence-electron chi connectivity index (χ3n) is 5.04. The Bertz CT molecular complexity index is 1190. The summed E-state index contributed by atoms with van der Waals surface area (Å²) in [6.45, 7) is 3.76. The van der Waals surface area contributed by atoms with Crippen molar-refractivity contribution >= 4 is 40.5 Å². The Morgan fingerprint density at radius 2 is 1.70 bits per heavy atom. The van der Waals surface area contributed by atoms with Crippen LogP contribution in [0.25, 0.3) is 0 Å². The van der Waals surface area contributed by atoms with Crippen molar-refractivity contribution in [3.05, 3.63) is 98.1 Å². The number of para-hydroxylation sites is 1. The summed E-state index contributed by atoms with van der Waals surface area (Å²) in [6, 6.07) is 16.9. The fourth-order valence-corrected chi connectivity index (χ4v) is 3.47. The van der Waals surface area contributed by atoms with Crippen LogP contribution in [0.4, 0.5) is 17.1 Å². The highest BCUT2D eigenvalue weighted by molar-refractivity contribution is 6.31. The molecule has 3 N–H and O–H groups in total. The Morgan fingerprint density at radius 1 is 1.00 bits per heavy atom. The predicted octanol–water partition coefficient (Wildman–Crippen LogP) is 4.85. The predicted molar refractivity (Wildman–Crippen MR) is 129 cm³/mol. The van der Waals surface area contributed by atoms with E-state index in [1.54, 1.807) is 12.1 Å². The lowest BCUT2D eigenvalue weighted by atomic mass is 10.1. The Kier molecular flexibility index (Phi) is 7.63. The van der Waals surface area contributed by atoms with E-state index in [9.17, 15) is 19.7 Å². The molecule has 3 rings (SSSR count). The van der Waals surface area contributed by atoms with Crippen molar-refractivity contribution < 1.29 is 14.5 Å². The summed E-state index contributed by atoms with van der Waals surface area (Å²) in [6.07, 6.45) is 0. The number of hydrogen-bond acceptors (Lipinski definition) is 5. The molecule has 33 heavy (non-hydrogen) atoms. The molecule has 0 spiro atoms. The first-order valence-electron chi connectivity index (χ1n) is 10.2. The van der Waals surface area contributed by atoms with Gasteiger partial charge < -0.3 is 16.0 Å². The third kappa shape index (κ3) is 6.08.